The van der Waals surface area contributed by atoms with E-state index in [0.717, 1.165) is 11.3 Å². The maximum absolute atomic E-state index is 12.7. The van der Waals surface area contributed by atoms with E-state index in [9.17, 15) is 4.79 Å². The predicted octanol–water partition coefficient (Wildman–Crippen LogP) is 5.25. The smallest absolute Gasteiger partial charge is 0.255 e. The fourth-order valence-corrected chi connectivity index (χ4v) is 3.55. The number of amides is 1. The third kappa shape index (κ3) is 4.83. The van der Waals surface area contributed by atoms with Crippen LogP contribution >= 0.6 is 11.8 Å². The Morgan fingerprint density at radius 1 is 0.889 bits per heavy atom. The van der Waals surface area contributed by atoms with Gasteiger partial charge in [0.15, 0.2) is 0 Å². The second-order valence-electron chi connectivity index (χ2n) is 5.78. The topological polar surface area (TPSA) is 47.6 Å². The first-order chi connectivity index (χ1) is 13.2. The summed E-state index contributed by atoms with van der Waals surface area (Å²) in [4.78, 5) is 13.9. The largest absolute Gasteiger partial charge is 0.496 e. The van der Waals surface area contributed by atoms with Crippen LogP contribution in [-0.2, 0) is 5.75 Å². The van der Waals surface area contributed by atoms with Crippen LogP contribution < -0.4 is 14.8 Å². The van der Waals surface area contributed by atoms with Crippen molar-refractivity contribution >= 4 is 23.4 Å². The van der Waals surface area contributed by atoms with Gasteiger partial charge in [0, 0.05) is 21.8 Å². The van der Waals surface area contributed by atoms with Crippen LogP contribution in [0.15, 0.2) is 77.7 Å². The van der Waals surface area contributed by atoms with Gasteiger partial charge in [-0.25, -0.2) is 0 Å². The number of rotatable bonds is 7. The fourth-order valence-electron chi connectivity index (χ4n) is 2.65. The minimum Gasteiger partial charge on any atom is -0.496 e. The molecule has 0 saturated heterocycles. The van der Waals surface area contributed by atoms with Crippen molar-refractivity contribution in [1.82, 2.24) is 0 Å². The van der Waals surface area contributed by atoms with Crippen LogP contribution in [0.25, 0.3) is 0 Å². The Labute approximate surface area is 163 Å². The lowest BCUT2D eigenvalue weighted by molar-refractivity contribution is 0.102. The first-order valence-electron chi connectivity index (χ1n) is 8.50. The van der Waals surface area contributed by atoms with Gasteiger partial charge in [-0.3, -0.25) is 4.79 Å². The molecule has 0 aromatic heterocycles. The number of para-hydroxylation sites is 2. The van der Waals surface area contributed by atoms with Crippen molar-refractivity contribution in [2.24, 2.45) is 0 Å². The van der Waals surface area contributed by atoms with Gasteiger partial charge in [-0.1, -0.05) is 30.3 Å². The van der Waals surface area contributed by atoms with Gasteiger partial charge >= 0.3 is 0 Å². The van der Waals surface area contributed by atoms with E-state index in [1.54, 1.807) is 32.0 Å². The molecule has 5 heteroatoms. The third-order valence-electron chi connectivity index (χ3n) is 4.04. The summed E-state index contributed by atoms with van der Waals surface area (Å²) in [7, 11) is 3.22. The normalized spacial score (nSPS) is 10.3. The van der Waals surface area contributed by atoms with Gasteiger partial charge < -0.3 is 14.8 Å². The number of thioether (sulfide) groups is 1. The molecule has 0 saturated carbocycles. The van der Waals surface area contributed by atoms with Crippen LogP contribution in [0, 0.1) is 0 Å². The molecule has 27 heavy (non-hydrogen) atoms. The molecule has 0 spiro atoms. The maximum atomic E-state index is 12.7. The molecule has 1 amide bonds. The van der Waals surface area contributed by atoms with Crippen molar-refractivity contribution in [1.29, 1.82) is 0 Å². The molecule has 0 unspecified atom stereocenters. The quantitative estimate of drug-likeness (QED) is 0.570. The van der Waals surface area contributed by atoms with Gasteiger partial charge in [0.25, 0.3) is 5.91 Å². The van der Waals surface area contributed by atoms with Gasteiger partial charge in [0.2, 0.25) is 0 Å². The van der Waals surface area contributed by atoms with Crippen molar-refractivity contribution in [3.05, 3.63) is 83.9 Å². The van der Waals surface area contributed by atoms with Crippen LogP contribution in [0.3, 0.4) is 0 Å². The molecule has 4 nitrogen and oxygen atoms in total. The van der Waals surface area contributed by atoms with Crippen LogP contribution in [0.4, 0.5) is 5.69 Å². The van der Waals surface area contributed by atoms with E-state index < -0.39 is 0 Å². The highest BCUT2D eigenvalue weighted by Crippen LogP contribution is 2.29. The molecule has 0 aliphatic carbocycles. The van der Waals surface area contributed by atoms with E-state index in [4.69, 9.17) is 9.47 Å². The summed E-state index contributed by atoms with van der Waals surface area (Å²) in [5.41, 5.74) is 2.19. The van der Waals surface area contributed by atoms with Crippen LogP contribution in [-0.4, -0.2) is 20.1 Å². The van der Waals surface area contributed by atoms with E-state index in [-0.39, 0.29) is 5.91 Å². The number of nitrogens with one attached hydrogen (secondary N) is 1. The number of carbonyl (C=O) groups is 1. The van der Waals surface area contributed by atoms with Crippen LogP contribution in [0.1, 0.15) is 15.9 Å². The summed E-state index contributed by atoms with van der Waals surface area (Å²) in [6, 6.07) is 23.0. The standard InChI is InChI=1S/C22H21NO3S/c1-25-20-13-12-16(14-17(20)15-27-18-8-4-3-5-9-18)22(24)23-19-10-6-7-11-21(19)26-2/h3-14H,15H2,1-2H3,(H,23,24). The zero-order valence-corrected chi connectivity index (χ0v) is 16.1. The minimum atomic E-state index is -0.187. The number of hydrogen-bond acceptors (Lipinski definition) is 4. The van der Waals surface area contributed by atoms with Gasteiger partial charge in [0.05, 0.1) is 19.9 Å². The second-order valence-corrected chi connectivity index (χ2v) is 6.83. The summed E-state index contributed by atoms with van der Waals surface area (Å²) >= 11 is 1.70. The Morgan fingerprint density at radius 2 is 1.59 bits per heavy atom. The third-order valence-corrected chi connectivity index (χ3v) is 5.10. The molecular formula is C22H21NO3S. The van der Waals surface area contributed by atoms with Gasteiger partial charge in [-0.05, 0) is 42.5 Å². The zero-order valence-electron chi connectivity index (χ0n) is 15.3. The highest BCUT2D eigenvalue weighted by Gasteiger charge is 2.13. The molecule has 0 heterocycles. The predicted molar refractivity (Wildman–Crippen MR) is 110 cm³/mol. The minimum absolute atomic E-state index is 0.187. The lowest BCUT2D eigenvalue weighted by atomic mass is 10.1. The van der Waals surface area contributed by atoms with Crippen molar-refractivity contribution in [2.45, 2.75) is 10.6 Å². The van der Waals surface area contributed by atoms with E-state index >= 15 is 0 Å². The lowest BCUT2D eigenvalue weighted by Gasteiger charge is -2.12. The number of carbonyl (C=O) groups excluding carboxylic acids is 1. The van der Waals surface area contributed by atoms with Crippen LogP contribution in [0.5, 0.6) is 11.5 Å². The van der Waals surface area contributed by atoms with E-state index in [1.165, 1.54) is 4.90 Å². The Kier molecular flexibility index (Phi) is 6.39. The second kappa shape index (κ2) is 9.14. The Balaban J connectivity index is 1.78. The molecule has 0 bridgehead atoms. The van der Waals surface area contributed by atoms with Gasteiger partial charge in [-0.2, -0.15) is 0 Å². The Morgan fingerprint density at radius 3 is 2.33 bits per heavy atom. The molecule has 138 valence electrons. The molecule has 1 N–H and O–H groups in total. The van der Waals surface area contributed by atoms with E-state index in [0.29, 0.717) is 22.8 Å². The summed E-state index contributed by atoms with van der Waals surface area (Å²) < 4.78 is 10.8. The summed E-state index contributed by atoms with van der Waals surface area (Å²) in [6.07, 6.45) is 0. The highest BCUT2D eigenvalue weighted by atomic mass is 32.2. The van der Waals surface area contributed by atoms with Gasteiger partial charge in [-0.15, -0.1) is 11.8 Å². The molecule has 3 aromatic carbocycles. The Hall–Kier alpha value is -2.92. The summed E-state index contributed by atoms with van der Waals surface area (Å²) in [5, 5.41) is 2.90. The molecule has 0 aliphatic rings. The van der Waals surface area contributed by atoms with Crippen molar-refractivity contribution in [3.8, 4) is 11.5 Å². The molecule has 3 aromatic rings. The first kappa shape index (κ1) is 18.9. The van der Waals surface area contributed by atoms with Crippen molar-refractivity contribution < 1.29 is 14.3 Å². The molecule has 0 aliphatic heterocycles. The number of methoxy groups -OCH3 is 2. The molecular weight excluding hydrogens is 358 g/mol. The number of ether oxygens (including phenoxy) is 2. The summed E-state index contributed by atoms with van der Waals surface area (Å²) in [6.45, 7) is 0. The first-order valence-corrected chi connectivity index (χ1v) is 9.49. The molecule has 0 fully saturated rings. The maximum Gasteiger partial charge on any atom is 0.255 e. The van der Waals surface area contributed by atoms with Crippen molar-refractivity contribution in [2.75, 3.05) is 19.5 Å². The van der Waals surface area contributed by atoms with E-state index in [2.05, 4.69) is 17.4 Å². The Bertz CT molecular complexity index is 912. The highest BCUT2D eigenvalue weighted by molar-refractivity contribution is 7.98. The van der Waals surface area contributed by atoms with Crippen LogP contribution in [0.2, 0.25) is 0 Å². The average molecular weight is 379 g/mol. The SMILES string of the molecule is COc1ccc(C(=O)Nc2ccccc2OC)cc1CSc1ccccc1. The van der Waals surface area contributed by atoms with E-state index in [1.807, 2.05) is 54.6 Å². The monoisotopic (exact) mass is 379 g/mol. The molecule has 0 radical (unpaired) electrons. The summed E-state index contributed by atoms with van der Waals surface area (Å²) in [5.74, 6) is 1.92. The molecule has 0 atom stereocenters. The van der Waals surface area contributed by atoms with Crippen molar-refractivity contribution in [3.63, 3.8) is 0 Å². The number of hydrogen-bond donors (Lipinski definition) is 1. The lowest BCUT2D eigenvalue weighted by Crippen LogP contribution is -2.13. The van der Waals surface area contributed by atoms with Gasteiger partial charge in [0.1, 0.15) is 11.5 Å². The fraction of sp³-hybridized carbons (Fsp3) is 0.136. The number of anilines is 1. The average Bonchev–Trinajstić information content (AvgIpc) is 2.73. The zero-order chi connectivity index (χ0) is 19.1. The molecule has 3 rings (SSSR count). The number of benzene rings is 3.